The molecule has 5 heteroatoms. The Labute approximate surface area is 118 Å². The number of amides is 1. The minimum absolute atomic E-state index is 0.0700. The SMILES string of the molecule is CC(=O)c1c[nH]c(C(=O)NCC2(CO)CCCCC2)c1. The highest BCUT2D eigenvalue weighted by atomic mass is 16.3. The molecule has 3 N–H and O–H groups in total. The van der Waals surface area contributed by atoms with Crippen molar-refractivity contribution in [2.24, 2.45) is 5.41 Å². The average Bonchev–Trinajstić information content (AvgIpc) is 2.96. The molecule has 110 valence electrons. The van der Waals surface area contributed by atoms with Crippen molar-refractivity contribution >= 4 is 11.7 Å². The van der Waals surface area contributed by atoms with E-state index >= 15 is 0 Å². The summed E-state index contributed by atoms with van der Waals surface area (Å²) in [5.41, 5.74) is 0.716. The van der Waals surface area contributed by atoms with Crippen molar-refractivity contribution in [1.29, 1.82) is 0 Å². The molecule has 1 fully saturated rings. The van der Waals surface area contributed by atoms with E-state index in [4.69, 9.17) is 0 Å². The van der Waals surface area contributed by atoms with Gasteiger partial charge in [0.2, 0.25) is 0 Å². The number of aromatic amines is 1. The molecule has 0 spiro atoms. The lowest BCUT2D eigenvalue weighted by Crippen LogP contribution is -2.41. The van der Waals surface area contributed by atoms with E-state index < -0.39 is 0 Å². The van der Waals surface area contributed by atoms with Gasteiger partial charge in [0.15, 0.2) is 5.78 Å². The van der Waals surface area contributed by atoms with Crippen LogP contribution in [0.25, 0.3) is 0 Å². The maximum Gasteiger partial charge on any atom is 0.267 e. The molecule has 0 atom stereocenters. The van der Waals surface area contributed by atoms with Crippen LogP contribution in [0.3, 0.4) is 0 Å². The Morgan fingerprint density at radius 3 is 2.60 bits per heavy atom. The summed E-state index contributed by atoms with van der Waals surface area (Å²) >= 11 is 0. The highest BCUT2D eigenvalue weighted by molar-refractivity contribution is 5.99. The van der Waals surface area contributed by atoms with Gasteiger partial charge < -0.3 is 15.4 Å². The lowest BCUT2D eigenvalue weighted by molar-refractivity contribution is 0.0716. The van der Waals surface area contributed by atoms with E-state index in [2.05, 4.69) is 10.3 Å². The summed E-state index contributed by atoms with van der Waals surface area (Å²) in [7, 11) is 0. The number of nitrogens with one attached hydrogen (secondary N) is 2. The summed E-state index contributed by atoms with van der Waals surface area (Å²) in [5, 5.41) is 12.5. The molecule has 1 amide bonds. The van der Waals surface area contributed by atoms with Gasteiger partial charge >= 0.3 is 0 Å². The molecule has 0 aliphatic heterocycles. The molecule has 5 nitrogen and oxygen atoms in total. The van der Waals surface area contributed by atoms with Crippen molar-refractivity contribution in [2.45, 2.75) is 39.0 Å². The van der Waals surface area contributed by atoms with Crippen LogP contribution >= 0.6 is 0 Å². The highest BCUT2D eigenvalue weighted by Gasteiger charge is 2.31. The number of carbonyl (C=O) groups is 2. The van der Waals surface area contributed by atoms with E-state index in [0.717, 1.165) is 25.7 Å². The molecule has 0 radical (unpaired) electrons. The van der Waals surface area contributed by atoms with Crippen molar-refractivity contribution in [3.05, 3.63) is 23.5 Å². The van der Waals surface area contributed by atoms with Crippen LogP contribution < -0.4 is 5.32 Å². The Bertz CT molecular complexity index is 487. The van der Waals surface area contributed by atoms with E-state index in [1.165, 1.54) is 13.3 Å². The number of rotatable bonds is 5. The number of ketones is 1. The molecule has 0 aromatic carbocycles. The van der Waals surface area contributed by atoms with Crippen LogP contribution in [0, 0.1) is 5.41 Å². The summed E-state index contributed by atoms with van der Waals surface area (Å²) < 4.78 is 0. The number of hydrogen-bond donors (Lipinski definition) is 3. The number of H-pyrrole nitrogens is 1. The Balaban J connectivity index is 1.95. The zero-order chi connectivity index (χ0) is 14.6. The van der Waals surface area contributed by atoms with Crippen LogP contribution in [0.5, 0.6) is 0 Å². The summed E-state index contributed by atoms with van der Waals surface area (Å²) in [5.74, 6) is -0.296. The van der Waals surface area contributed by atoms with E-state index in [1.54, 1.807) is 12.3 Å². The number of hydrogen-bond acceptors (Lipinski definition) is 3. The monoisotopic (exact) mass is 278 g/mol. The molecule has 1 aromatic rings. The predicted octanol–water partition coefficient (Wildman–Crippen LogP) is 1.89. The Kier molecular flexibility index (Phi) is 4.60. The van der Waals surface area contributed by atoms with Crippen molar-refractivity contribution < 1.29 is 14.7 Å². The average molecular weight is 278 g/mol. The lowest BCUT2D eigenvalue weighted by atomic mass is 9.74. The van der Waals surface area contributed by atoms with Gasteiger partial charge in [-0.3, -0.25) is 9.59 Å². The second-order valence-corrected chi connectivity index (χ2v) is 5.76. The number of Topliss-reactive ketones (excluding diaryl/α,β-unsaturated/α-hetero) is 1. The lowest BCUT2D eigenvalue weighted by Gasteiger charge is -2.35. The Morgan fingerprint density at radius 1 is 1.35 bits per heavy atom. The quantitative estimate of drug-likeness (QED) is 0.719. The molecule has 1 aliphatic rings. The van der Waals surface area contributed by atoms with Crippen molar-refractivity contribution in [3.8, 4) is 0 Å². The van der Waals surface area contributed by atoms with Gasteiger partial charge in [0.1, 0.15) is 5.69 Å². The molecular weight excluding hydrogens is 256 g/mol. The maximum atomic E-state index is 12.0. The van der Waals surface area contributed by atoms with Gasteiger partial charge in [-0.1, -0.05) is 19.3 Å². The first kappa shape index (κ1) is 14.8. The third kappa shape index (κ3) is 3.28. The highest BCUT2D eigenvalue weighted by Crippen LogP contribution is 2.35. The fourth-order valence-electron chi connectivity index (χ4n) is 2.78. The van der Waals surface area contributed by atoms with Crippen LogP contribution in [0.15, 0.2) is 12.3 Å². The second kappa shape index (κ2) is 6.22. The Hall–Kier alpha value is -1.62. The summed E-state index contributed by atoms with van der Waals surface area (Å²) in [4.78, 5) is 26.1. The molecule has 1 aromatic heterocycles. The zero-order valence-corrected chi connectivity index (χ0v) is 11.9. The van der Waals surface area contributed by atoms with Crippen LogP contribution in [-0.4, -0.2) is 34.9 Å². The van der Waals surface area contributed by atoms with E-state index in [-0.39, 0.29) is 23.7 Å². The number of carbonyl (C=O) groups excluding carboxylic acids is 2. The fraction of sp³-hybridized carbons (Fsp3) is 0.600. The first-order chi connectivity index (χ1) is 9.56. The first-order valence-corrected chi connectivity index (χ1v) is 7.15. The van der Waals surface area contributed by atoms with E-state index in [1.807, 2.05) is 0 Å². The van der Waals surface area contributed by atoms with E-state index in [0.29, 0.717) is 17.8 Å². The van der Waals surface area contributed by atoms with Crippen LogP contribution in [0.4, 0.5) is 0 Å². The van der Waals surface area contributed by atoms with Crippen molar-refractivity contribution in [1.82, 2.24) is 10.3 Å². The molecule has 20 heavy (non-hydrogen) atoms. The van der Waals surface area contributed by atoms with Crippen molar-refractivity contribution in [3.63, 3.8) is 0 Å². The standard InChI is InChI=1S/C15H22N2O3/c1-11(19)12-7-13(16-8-12)14(20)17-9-15(10-18)5-3-2-4-6-15/h7-8,16,18H,2-6,9-10H2,1H3,(H,17,20). The molecule has 1 aliphatic carbocycles. The fourth-order valence-corrected chi connectivity index (χ4v) is 2.78. The van der Waals surface area contributed by atoms with Gasteiger partial charge in [-0.15, -0.1) is 0 Å². The topological polar surface area (TPSA) is 82.2 Å². The van der Waals surface area contributed by atoms with Gasteiger partial charge in [-0.05, 0) is 25.8 Å². The van der Waals surface area contributed by atoms with E-state index in [9.17, 15) is 14.7 Å². The van der Waals surface area contributed by atoms with Gasteiger partial charge in [0.05, 0.1) is 6.61 Å². The minimum atomic E-state index is -0.226. The van der Waals surface area contributed by atoms with Gasteiger partial charge in [0, 0.05) is 23.7 Å². The maximum absolute atomic E-state index is 12.0. The summed E-state index contributed by atoms with van der Waals surface area (Å²) in [6.45, 7) is 2.06. The number of aliphatic hydroxyl groups excluding tert-OH is 1. The molecule has 1 heterocycles. The first-order valence-electron chi connectivity index (χ1n) is 7.15. The smallest absolute Gasteiger partial charge is 0.267 e. The van der Waals surface area contributed by atoms with Crippen LogP contribution in [-0.2, 0) is 0 Å². The van der Waals surface area contributed by atoms with Crippen LogP contribution in [0.2, 0.25) is 0 Å². The third-order valence-electron chi connectivity index (χ3n) is 4.21. The molecule has 0 saturated heterocycles. The minimum Gasteiger partial charge on any atom is -0.396 e. The molecule has 1 saturated carbocycles. The summed E-state index contributed by atoms with van der Waals surface area (Å²) in [6, 6.07) is 1.56. The number of aromatic nitrogens is 1. The summed E-state index contributed by atoms with van der Waals surface area (Å²) in [6.07, 6.45) is 6.86. The largest absolute Gasteiger partial charge is 0.396 e. The zero-order valence-electron chi connectivity index (χ0n) is 11.9. The molecular formula is C15H22N2O3. The second-order valence-electron chi connectivity index (χ2n) is 5.76. The Morgan fingerprint density at radius 2 is 2.05 bits per heavy atom. The predicted molar refractivity (Wildman–Crippen MR) is 75.7 cm³/mol. The number of aliphatic hydroxyl groups is 1. The van der Waals surface area contributed by atoms with Gasteiger partial charge in [0.25, 0.3) is 5.91 Å². The normalized spacial score (nSPS) is 17.7. The molecule has 0 unspecified atom stereocenters. The third-order valence-corrected chi connectivity index (χ3v) is 4.21. The van der Waals surface area contributed by atoms with Crippen molar-refractivity contribution in [2.75, 3.05) is 13.2 Å². The van der Waals surface area contributed by atoms with Gasteiger partial charge in [-0.25, -0.2) is 0 Å². The van der Waals surface area contributed by atoms with Gasteiger partial charge in [-0.2, -0.15) is 0 Å². The molecule has 2 rings (SSSR count). The van der Waals surface area contributed by atoms with Crippen LogP contribution in [0.1, 0.15) is 59.9 Å². The molecule has 0 bridgehead atoms.